The minimum Gasteiger partial charge on any atom is -0.491 e. The predicted octanol–water partition coefficient (Wildman–Crippen LogP) is 1.81. The topological polar surface area (TPSA) is 50.7 Å². The molecule has 2 rings (SSSR count). The van der Waals surface area contributed by atoms with E-state index in [2.05, 4.69) is 18.3 Å². The number of hydrogen-bond acceptors (Lipinski definition) is 4. The molecule has 0 saturated carbocycles. The van der Waals surface area contributed by atoms with Gasteiger partial charge in [0.15, 0.2) is 0 Å². The van der Waals surface area contributed by atoms with Crippen LogP contribution in [0, 0.1) is 13.8 Å². The van der Waals surface area contributed by atoms with Gasteiger partial charge in [-0.1, -0.05) is 12.1 Å². The third-order valence-electron chi connectivity index (χ3n) is 3.77. The second-order valence-electron chi connectivity index (χ2n) is 5.61. The fourth-order valence-corrected chi connectivity index (χ4v) is 2.39. The average Bonchev–Trinajstić information content (AvgIpc) is 2.83. The number of aliphatic hydroxyl groups excluding tert-OH is 1. The van der Waals surface area contributed by atoms with Crippen LogP contribution in [0.2, 0.25) is 0 Å². The van der Waals surface area contributed by atoms with E-state index in [1.54, 1.807) is 0 Å². The molecule has 0 radical (unpaired) electrons. The van der Waals surface area contributed by atoms with Crippen molar-refractivity contribution >= 4 is 0 Å². The number of hydrogen-bond donors (Lipinski definition) is 2. The summed E-state index contributed by atoms with van der Waals surface area (Å²) in [6, 6.07) is 6.43. The maximum Gasteiger partial charge on any atom is 0.122 e. The van der Waals surface area contributed by atoms with E-state index >= 15 is 0 Å². The highest BCUT2D eigenvalue weighted by Gasteiger charge is 2.24. The summed E-state index contributed by atoms with van der Waals surface area (Å²) in [5.41, 5.74) is 2.25. The number of ether oxygens (including phenoxy) is 2. The molecule has 1 saturated heterocycles. The quantitative estimate of drug-likeness (QED) is 0.834. The average molecular weight is 279 g/mol. The Morgan fingerprint density at radius 1 is 1.45 bits per heavy atom. The van der Waals surface area contributed by atoms with Gasteiger partial charge < -0.3 is 19.9 Å². The van der Waals surface area contributed by atoms with Gasteiger partial charge in [-0.2, -0.15) is 0 Å². The molecule has 1 aliphatic heterocycles. The van der Waals surface area contributed by atoms with Crippen LogP contribution in [0.5, 0.6) is 5.75 Å². The van der Waals surface area contributed by atoms with Gasteiger partial charge in [-0.05, 0) is 44.4 Å². The monoisotopic (exact) mass is 279 g/mol. The normalized spacial score (nSPS) is 23.8. The number of benzene rings is 1. The Labute approximate surface area is 121 Å². The van der Waals surface area contributed by atoms with Crippen molar-refractivity contribution in [2.75, 3.05) is 19.8 Å². The fourth-order valence-electron chi connectivity index (χ4n) is 2.39. The third-order valence-corrected chi connectivity index (χ3v) is 3.77. The Hall–Kier alpha value is -1.10. The van der Waals surface area contributed by atoms with E-state index in [0.29, 0.717) is 19.2 Å². The summed E-state index contributed by atoms with van der Waals surface area (Å²) in [6.45, 7) is 7.74. The van der Waals surface area contributed by atoms with E-state index in [1.807, 2.05) is 26.0 Å². The minimum atomic E-state index is -0.511. The SMILES string of the molecule is Cc1ccc(C)c(OCC(O)CNC2CCOC2C)c1. The lowest BCUT2D eigenvalue weighted by Gasteiger charge is -2.19. The van der Waals surface area contributed by atoms with Gasteiger partial charge in [-0.15, -0.1) is 0 Å². The van der Waals surface area contributed by atoms with Crippen molar-refractivity contribution in [3.05, 3.63) is 29.3 Å². The van der Waals surface area contributed by atoms with Crippen LogP contribution < -0.4 is 10.1 Å². The molecule has 0 spiro atoms. The number of aliphatic hydroxyl groups is 1. The van der Waals surface area contributed by atoms with Crippen molar-refractivity contribution in [1.82, 2.24) is 5.32 Å². The summed E-state index contributed by atoms with van der Waals surface area (Å²) < 4.78 is 11.2. The van der Waals surface area contributed by atoms with Crippen LogP contribution in [0.15, 0.2) is 18.2 Å². The van der Waals surface area contributed by atoms with Gasteiger partial charge in [0.2, 0.25) is 0 Å². The lowest BCUT2D eigenvalue weighted by molar-refractivity contribution is 0.0895. The first kappa shape index (κ1) is 15.3. The second-order valence-corrected chi connectivity index (χ2v) is 5.61. The van der Waals surface area contributed by atoms with Crippen molar-refractivity contribution in [1.29, 1.82) is 0 Å². The molecule has 0 aliphatic carbocycles. The van der Waals surface area contributed by atoms with Gasteiger partial charge in [-0.25, -0.2) is 0 Å². The van der Waals surface area contributed by atoms with Crippen LogP contribution in [0.4, 0.5) is 0 Å². The number of nitrogens with one attached hydrogen (secondary N) is 1. The lowest BCUT2D eigenvalue weighted by atomic mass is 10.1. The summed E-state index contributed by atoms with van der Waals surface area (Å²) in [5.74, 6) is 0.849. The van der Waals surface area contributed by atoms with Crippen LogP contribution in [-0.4, -0.2) is 43.1 Å². The molecule has 20 heavy (non-hydrogen) atoms. The first-order chi connectivity index (χ1) is 9.56. The first-order valence-corrected chi connectivity index (χ1v) is 7.29. The molecular formula is C16H25NO3. The fraction of sp³-hybridized carbons (Fsp3) is 0.625. The van der Waals surface area contributed by atoms with Crippen molar-refractivity contribution < 1.29 is 14.6 Å². The summed E-state index contributed by atoms with van der Waals surface area (Å²) in [4.78, 5) is 0. The third kappa shape index (κ3) is 4.20. The van der Waals surface area contributed by atoms with Gasteiger partial charge in [0, 0.05) is 19.2 Å². The molecule has 0 bridgehead atoms. The summed E-state index contributed by atoms with van der Waals surface area (Å²) in [7, 11) is 0. The molecule has 1 aromatic carbocycles. The maximum absolute atomic E-state index is 9.99. The largest absolute Gasteiger partial charge is 0.491 e. The molecule has 112 valence electrons. The molecule has 0 aromatic heterocycles. The summed E-state index contributed by atoms with van der Waals surface area (Å²) >= 11 is 0. The molecular weight excluding hydrogens is 254 g/mol. The second kappa shape index (κ2) is 7.07. The van der Waals surface area contributed by atoms with E-state index in [9.17, 15) is 5.11 Å². The highest BCUT2D eigenvalue weighted by Crippen LogP contribution is 2.19. The van der Waals surface area contributed by atoms with Crippen LogP contribution in [0.3, 0.4) is 0 Å². The molecule has 1 aliphatic rings. The van der Waals surface area contributed by atoms with E-state index in [1.165, 1.54) is 0 Å². The predicted molar refractivity (Wildman–Crippen MR) is 79.2 cm³/mol. The van der Waals surface area contributed by atoms with Gasteiger partial charge in [0.25, 0.3) is 0 Å². The van der Waals surface area contributed by atoms with E-state index in [0.717, 1.165) is 29.9 Å². The number of aryl methyl sites for hydroxylation is 2. The minimum absolute atomic E-state index is 0.224. The van der Waals surface area contributed by atoms with Crippen molar-refractivity contribution in [3.8, 4) is 5.75 Å². The highest BCUT2D eigenvalue weighted by atomic mass is 16.5. The smallest absolute Gasteiger partial charge is 0.122 e. The van der Waals surface area contributed by atoms with Gasteiger partial charge in [-0.3, -0.25) is 0 Å². The first-order valence-electron chi connectivity index (χ1n) is 7.29. The Morgan fingerprint density at radius 2 is 2.25 bits per heavy atom. The molecule has 0 amide bonds. The van der Waals surface area contributed by atoms with E-state index < -0.39 is 6.10 Å². The standard InChI is InChI=1S/C16H25NO3/c1-11-4-5-12(2)16(8-11)20-10-14(18)9-17-15-6-7-19-13(15)3/h4-5,8,13-15,17-18H,6-7,9-10H2,1-3H3. The zero-order valence-corrected chi connectivity index (χ0v) is 12.6. The molecule has 4 heteroatoms. The molecule has 2 N–H and O–H groups in total. The van der Waals surface area contributed by atoms with Crippen LogP contribution in [0.1, 0.15) is 24.5 Å². The Balaban J connectivity index is 1.74. The highest BCUT2D eigenvalue weighted by molar-refractivity contribution is 5.35. The van der Waals surface area contributed by atoms with Gasteiger partial charge >= 0.3 is 0 Å². The molecule has 1 aromatic rings. The van der Waals surface area contributed by atoms with Crippen molar-refractivity contribution in [2.24, 2.45) is 0 Å². The van der Waals surface area contributed by atoms with Crippen molar-refractivity contribution in [3.63, 3.8) is 0 Å². The molecule has 1 fully saturated rings. The molecule has 4 nitrogen and oxygen atoms in total. The van der Waals surface area contributed by atoms with E-state index in [4.69, 9.17) is 9.47 Å². The lowest BCUT2D eigenvalue weighted by Crippen LogP contribution is -2.41. The zero-order valence-electron chi connectivity index (χ0n) is 12.6. The van der Waals surface area contributed by atoms with Crippen LogP contribution >= 0.6 is 0 Å². The maximum atomic E-state index is 9.99. The van der Waals surface area contributed by atoms with Gasteiger partial charge in [0.05, 0.1) is 6.10 Å². The summed E-state index contributed by atoms with van der Waals surface area (Å²) in [6.07, 6.45) is 0.719. The Bertz CT molecular complexity index is 436. The zero-order chi connectivity index (χ0) is 14.5. The van der Waals surface area contributed by atoms with Gasteiger partial charge in [0.1, 0.15) is 18.5 Å². The van der Waals surface area contributed by atoms with Crippen LogP contribution in [-0.2, 0) is 4.74 Å². The molecule has 1 heterocycles. The summed E-state index contributed by atoms with van der Waals surface area (Å²) in [5, 5.41) is 13.3. The number of rotatable bonds is 6. The molecule has 3 unspecified atom stereocenters. The Kier molecular flexibility index (Phi) is 5.40. The Morgan fingerprint density at radius 3 is 2.95 bits per heavy atom. The molecule has 3 atom stereocenters. The van der Waals surface area contributed by atoms with Crippen LogP contribution in [0.25, 0.3) is 0 Å². The van der Waals surface area contributed by atoms with Crippen molar-refractivity contribution in [2.45, 2.75) is 45.4 Å². The van der Waals surface area contributed by atoms with E-state index in [-0.39, 0.29) is 6.10 Å².